The molecule has 0 radical (unpaired) electrons. The Kier molecular flexibility index (Phi) is 9.56. The lowest BCUT2D eigenvalue weighted by atomic mass is 9.88. The van der Waals surface area contributed by atoms with Crippen LogP contribution in [-0.4, -0.2) is 83.4 Å². The van der Waals surface area contributed by atoms with Crippen molar-refractivity contribution < 1.29 is 28.8 Å². The van der Waals surface area contributed by atoms with E-state index in [1.54, 1.807) is 34.6 Å². The Bertz CT molecular complexity index is 791. The van der Waals surface area contributed by atoms with E-state index in [9.17, 15) is 28.8 Å². The smallest absolute Gasteiger partial charge is 0.316 e. The number of carbonyl (C=O) groups is 6. The number of nitrogens with zero attached hydrogens (tertiary/aromatic N) is 2. The predicted molar refractivity (Wildman–Crippen MR) is 121 cm³/mol. The molecule has 11 nitrogen and oxygen atoms in total. The molecular formula is C22H37N5O6. The zero-order valence-electron chi connectivity index (χ0n) is 20.5. The number of rotatable bonds is 9. The maximum Gasteiger partial charge on any atom is 0.316 e. The van der Waals surface area contributed by atoms with Crippen LogP contribution < -0.4 is 16.4 Å². The van der Waals surface area contributed by atoms with Crippen molar-refractivity contribution in [2.24, 2.45) is 17.1 Å². The van der Waals surface area contributed by atoms with Crippen LogP contribution in [-0.2, 0) is 24.0 Å². The molecule has 0 aromatic carbocycles. The molecule has 0 aromatic heterocycles. The van der Waals surface area contributed by atoms with Gasteiger partial charge in [-0.1, -0.05) is 34.6 Å². The van der Waals surface area contributed by atoms with Crippen molar-refractivity contribution in [3.63, 3.8) is 0 Å². The van der Waals surface area contributed by atoms with Gasteiger partial charge in [0.1, 0.15) is 18.4 Å². The van der Waals surface area contributed by atoms with Crippen molar-refractivity contribution in [3.05, 3.63) is 0 Å². The first kappa shape index (κ1) is 28.1. The van der Waals surface area contributed by atoms with Crippen LogP contribution in [0.3, 0.4) is 0 Å². The van der Waals surface area contributed by atoms with Crippen LogP contribution >= 0.6 is 0 Å². The molecule has 1 rings (SSSR count). The SMILES string of the molecule is CC(C)C(NC(=O)NC(C=O)C(C)(C)C)C(=O)N1CCCC1C(=O)N(C)C(C)C(=O)C(N)=O. The number of urea groups is 1. The summed E-state index contributed by atoms with van der Waals surface area (Å²) in [6, 6.07) is -4.22. The lowest BCUT2D eigenvalue weighted by Crippen LogP contribution is -2.59. The monoisotopic (exact) mass is 467 g/mol. The molecule has 0 aromatic rings. The third-order valence-electron chi connectivity index (χ3n) is 5.95. The van der Waals surface area contributed by atoms with Crippen molar-refractivity contribution in [1.29, 1.82) is 0 Å². The summed E-state index contributed by atoms with van der Waals surface area (Å²) < 4.78 is 0. The van der Waals surface area contributed by atoms with Gasteiger partial charge in [-0.25, -0.2) is 4.79 Å². The molecule has 0 aliphatic carbocycles. The lowest BCUT2D eigenvalue weighted by molar-refractivity contribution is -0.148. The van der Waals surface area contributed by atoms with Gasteiger partial charge in [-0.2, -0.15) is 0 Å². The molecule has 1 aliphatic rings. The first-order chi connectivity index (χ1) is 15.1. The third-order valence-corrected chi connectivity index (χ3v) is 5.95. The van der Waals surface area contributed by atoms with E-state index in [-0.39, 0.29) is 5.92 Å². The molecule has 11 heteroatoms. The molecule has 33 heavy (non-hydrogen) atoms. The molecule has 4 unspecified atom stereocenters. The van der Waals surface area contributed by atoms with E-state index in [1.165, 1.54) is 18.9 Å². The zero-order chi connectivity index (χ0) is 25.7. The average Bonchev–Trinajstić information content (AvgIpc) is 3.21. The number of Topliss-reactive ketones (excluding diaryl/α,β-unsaturated/α-hetero) is 1. The molecule has 1 saturated heterocycles. The Morgan fingerprint density at radius 3 is 2.12 bits per heavy atom. The topological polar surface area (TPSA) is 159 Å². The van der Waals surface area contributed by atoms with E-state index in [2.05, 4.69) is 10.6 Å². The number of hydrogen-bond donors (Lipinski definition) is 3. The Morgan fingerprint density at radius 2 is 1.67 bits per heavy atom. The van der Waals surface area contributed by atoms with Gasteiger partial charge >= 0.3 is 6.03 Å². The molecule has 0 spiro atoms. The minimum atomic E-state index is -1.14. The molecule has 4 N–H and O–H groups in total. The fourth-order valence-corrected chi connectivity index (χ4v) is 3.57. The molecule has 4 atom stereocenters. The van der Waals surface area contributed by atoms with Crippen molar-refractivity contribution in [2.45, 2.75) is 78.6 Å². The van der Waals surface area contributed by atoms with E-state index in [1.807, 2.05) is 0 Å². The highest BCUT2D eigenvalue weighted by Crippen LogP contribution is 2.23. The number of ketones is 1. The minimum absolute atomic E-state index is 0.294. The molecule has 5 amide bonds. The Labute approximate surface area is 194 Å². The van der Waals surface area contributed by atoms with Crippen LogP contribution in [0.1, 0.15) is 54.4 Å². The zero-order valence-corrected chi connectivity index (χ0v) is 20.5. The summed E-state index contributed by atoms with van der Waals surface area (Å²) in [5.74, 6) is -3.25. The Morgan fingerprint density at radius 1 is 1.09 bits per heavy atom. The molecule has 0 bridgehead atoms. The second-order valence-electron chi connectivity index (χ2n) is 9.86. The number of likely N-dealkylation sites (tertiary alicyclic amines) is 1. The fraction of sp³-hybridized carbons (Fsp3) is 0.727. The van der Waals surface area contributed by atoms with E-state index in [0.29, 0.717) is 25.7 Å². The number of nitrogens with one attached hydrogen (secondary N) is 2. The van der Waals surface area contributed by atoms with Crippen LogP contribution in [0, 0.1) is 11.3 Å². The van der Waals surface area contributed by atoms with Crippen LogP contribution in [0.25, 0.3) is 0 Å². The maximum absolute atomic E-state index is 13.3. The lowest BCUT2D eigenvalue weighted by Gasteiger charge is -2.34. The maximum atomic E-state index is 13.3. The van der Waals surface area contributed by atoms with Gasteiger partial charge in [0.05, 0.1) is 12.1 Å². The summed E-state index contributed by atoms with van der Waals surface area (Å²) in [4.78, 5) is 75.8. The van der Waals surface area contributed by atoms with Gasteiger partial charge in [0.25, 0.3) is 5.91 Å². The quantitative estimate of drug-likeness (QED) is 0.315. The molecule has 1 fully saturated rings. The largest absolute Gasteiger partial charge is 0.363 e. The van der Waals surface area contributed by atoms with E-state index in [0.717, 1.165) is 4.90 Å². The van der Waals surface area contributed by atoms with Crippen LogP contribution in [0.4, 0.5) is 4.79 Å². The van der Waals surface area contributed by atoms with Crippen LogP contribution in [0.2, 0.25) is 0 Å². The fourth-order valence-electron chi connectivity index (χ4n) is 3.57. The highest BCUT2D eigenvalue weighted by atomic mass is 16.2. The van der Waals surface area contributed by atoms with E-state index < -0.39 is 59.1 Å². The van der Waals surface area contributed by atoms with Gasteiger partial charge in [0.2, 0.25) is 17.6 Å². The Balaban J connectivity index is 2.99. The van der Waals surface area contributed by atoms with E-state index >= 15 is 0 Å². The van der Waals surface area contributed by atoms with Gasteiger partial charge < -0.3 is 31.0 Å². The van der Waals surface area contributed by atoms with Crippen molar-refractivity contribution in [1.82, 2.24) is 20.4 Å². The first-order valence-corrected chi connectivity index (χ1v) is 11.1. The van der Waals surface area contributed by atoms with Gasteiger partial charge in [0, 0.05) is 13.6 Å². The standard InChI is InChI=1S/C22H37N5O6/c1-12(2)16(25-21(33)24-15(11-28)22(4,5)6)20(32)27-10-8-9-14(27)19(31)26(7)13(3)17(29)18(23)30/h11-16H,8-10H2,1-7H3,(H2,23,30)(H2,24,25,33). The van der Waals surface area contributed by atoms with Gasteiger partial charge in [-0.15, -0.1) is 0 Å². The number of hydrogen-bond acceptors (Lipinski definition) is 6. The van der Waals surface area contributed by atoms with Gasteiger partial charge in [-0.3, -0.25) is 19.2 Å². The highest BCUT2D eigenvalue weighted by molar-refractivity contribution is 6.37. The number of primary amides is 1. The molecule has 1 heterocycles. The first-order valence-electron chi connectivity index (χ1n) is 11.1. The predicted octanol–water partition coefficient (Wildman–Crippen LogP) is -0.184. The normalized spacial score (nSPS) is 18.8. The molecule has 186 valence electrons. The average molecular weight is 468 g/mol. The minimum Gasteiger partial charge on any atom is -0.363 e. The summed E-state index contributed by atoms with van der Waals surface area (Å²) in [5, 5.41) is 5.22. The summed E-state index contributed by atoms with van der Waals surface area (Å²) in [6.07, 6.45) is 1.61. The van der Waals surface area contributed by atoms with E-state index in [4.69, 9.17) is 5.73 Å². The number of amides is 5. The molecule has 1 aliphatic heterocycles. The molecule has 0 saturated carbocycles. The summed E-state index contributed by atoms with van der Waals surface area (Å²) in [5.41, 5.74) is 4.53. The second-order valence-corrected chi connectivity index (χ2v) is 9.86. The van der Waals surface area contributed by atoms with Crippen LogP contribution in [0.5, 0.6) is 0 Å². The third kappa shape index (κ3) is 7.00. The van der Waals surface area contributed by atoms with Crippen molar-refractivity contribution in [3.8, 4) is 0 Å². The number of nitrogens with two attached hydrogens (primary N) is 1. The van der Waals surface area contributed by atoms with Crippen LogP contribution in [0.15, 0.2) is 0 Å². The highest BCUT2D eigenvalue weighted by Gasteiger charge is 2.41. The van der Waals surface area contributed by atoms with Gasteiger partial charge in [-0.05, 0) is 31.1 Å². The van der Waals surface area contributed by atoms with Crippen molar-refractivity contribution in [2.75, 3.05) is 13.6 Å². The molecular weight excluding hydrogens is 430 g/mol. The second kappa shape index (κ2) is 11.2. The summed E-state index contributed by atoms with van der Waals surface area (Å²) >= 11 is 0. The number of likely N-dealkylation sites (N-methyl/N-ethyl adjacent to an activating group) is 1. The number of aldehydes is 1. The Hall–Kier alpha value is -2.98. The van der Waals surface area contributed by atoms with Crippen molar-refractivity contribution >= 4 is 35.8 Å². The summed E-state index contributed by atoms with van der Waals surface area (Å²) in [7, 11) is 1.38. The summed E-state index contributed by atoms with van der Waals surface area (Å²) in [6.45, 7) is 10.6. The van der Waals surface area contributed by atoms with Gasteiger partial charge in [0.15, 0.2) is 0 Å². The number of carbonyl (C=O) groups excluding carboxylic acids is 6.